The largest absolute Gasteiger partial charge is 0.349 e. The monoisotopic (exact) mass is 269 g/mol. The van der Waals surface area contributed by atoms with Crippen LogP contribution in [0.2, 0.25) is 0 Å². The highest BCUT2D eigenvalue weighted by Gasteiger charge is 2.19. The Bertz CT molecular complexity index is 618. The minimum Gasteiger partial charge on any atom is -0.349 e. The molecule has 104 valence electrons. The summed E-state index contributed by atoms with van der Waals surface area (Å²) >= 11 is 0. The molecule has 0 unspecified atom stereocenters. The van der Waals surface area contributed by atoms with Gasteiger partial charge in [0.2, 0.25) is 0 Å². The van der Waals surface area contributed by atoms with Gasteiger partial charge in [0.25, 0.3) is 5.91 Å². The zero-order valence-corrected chi connectivity index (χ0v) is 11.7. The molecule has 2 heterocycles. The van der Waals surface area contributed by atoms with Gasteiger partial charge < -0.3 is 10.2 Å². The van der Waals surface area contributed by atoms with Crippen molar-refractivity contribution < 1.29 is 4.79 Å². The Morgan fingerprint density at radius 1 is 1.30 bits per heavy atom. The molecule has 2 aromatic rings. The van der Waals surface area contributed by atoms with Gasteiger partial charge in [0.1, 0.15) is 0 Å². The summed E-state index contributed by atoms with van der Waals surface area (Å²) in [6.45, 7) is 2.09. The molecule has 1 saturated heterocycles. The van der Waals surface area contributed by atoms with E-state index in [2.05, 4.69) is 22.2 Å². The second-order valence-electron chi connectivity index (χ2n) is 5.46. The van der Waals surface area contributed by atoms with E-state index in [1.165, 1.54) is 0 Å². The fourth-order valence-corrected chi connectivity index (χ4v) is 2.63. The van der Waals surface area contributed by atoms with Crippen LogP contribution in [-0.2, 0) is 0 Å². The normalized spacial score (nSPS) is 17.2. The summed E-state index contributed by atoms with van der Waals surface area (Å²) in [5, 5.41) is 4.19. The van der Waals surface area contributed by atoms with Crippen molar-refractivity contribution in [1.29, 1.82) is 0 Å². The number of hydrogen-bond acceptors (Lipinski definition) is 3. The van der Waals surface area contributed by atoms with E-state index in [0.717, 1.165) is 36.8 Å². The Balaban J connectivity index is 1.72. The molecule has 3 rings (SSSR count). The van der Waals surface area contributed by atoms with Gasteiger partial charge in [-0.25, -0.2) is 0 Å². The molecule has 1 N–H and O–H groups in total. The number of carbonyl (C=O) groups is 1. The van der Waals surface area contributed by atoms with Crippen LogP contribution in [0.5, 0.6) is 0 Å². The number of fused-ring (bicyclic) bond motifs is 1. The van der Waals surface area contributed by atoms with E-state index in [1.54, 1.807) is 6.20 Å². The van der Waals surface area contributed by atoms with Crippen LogP contribution in [0.1, 0.15) is 23.2 Å². The van der Waals surface area contributed by atoms with Gasteiger partial charge in [-0.1, -0.05) is 12.1 Å². The number of amides is 1. The standard InChI is InChI=1S/C16H19N3O/c1-19-9-6-14(7-10-19)18-16(20)13-5-4-12-3-2-8-17-15(12)11-13/h2-5,8,11,14H,6-7,9-10H2,1H3,(H,18,20). The van der Waals surface area contributed by atoms with Crippen molar-refractivity contribution in [2.45, 2.75) is 18.9 Å². The first-order valence-electron chi connectivity index (χ1n) is 7.06. The number of piperidine rings is 1. The quantitative estimate of drug-likeness (QED) is 0.907. The zero-order valence-electron chi connectivity index (χ0n) is 11.7. The molecule has 0 aliphatic carbocycles. The van der Waals surface area contributed by atoms with Gasteiger partial charge in [0.15, 0.2) is 0 Å². The molecule has 1 aromatic carbocycles. The number of aromatic nitrogens is 1. The number of rotatable bonds is 2. The molecule has 4 heteroatoms. The Hall–Kier alpha value is -1.94. The second-order valence-corrected chi connectivity index (χ2v) is 5.46. The molecule has 1 aromatic heterocycles. The molecule has 0 spiro atoms. The van der Waals surface area contributed by atoms with Crippen molar-refractivity contribution in [3.8, 4) is 0 Å². The Morgan fingerprint density at radius 3 is 2.90 bits per heavy atom. The number of benzene rings is 1. The van der Waals surface area contributed by atoms with Gasteiger partial charge in [0, 0.05) is 23.2 Å². The molecule has 1 aliphatic heterocycles. The first-order chi connectivity index (χ1) is 9.72. The third kappa shape index (κ3) is 2.80. The lowest BCUT2D eigenvalue weighted by Crippen LogP contribution is -2.43. The molecular weight excluding hydrogens is 250 g/mol. The highest BCUT2D eigenvalue weighted by Crippen LogP contribution is 2.14. The van der Waals surface area contributed by atoms with E-state index in [-0.39, 0.29) is 11.9 Å². The average molecular weight is 269 g/mol. The molecule has 1 fully saturated rings. The SMILES string of the molecule is CN1CCC(NC(=O)c2ccc3cccnc3c2)CC1. The molecule has 4 nitrogen and oxygen atoms in total. The van der Waals surface area contributed by atoms with Gasteiger partial charge >= 0.3 is 0 Å². The topological polar surface area (TPSA) is 45.2 Å². The van der Waals surface area contributed by atoms with E-state index in [1.807, 2.05) is 30.3 Å². The van der Waals surface area contributed by atoms with E-state index in [9.17, 15) is 4.79 Å². The van der Waals surface area contributed by atoms with Crippen molar-refractivity contribution >= 4 is 16.8 Å². The summed E-state index contributed by atoms with van der Waals surface area (Å²) in [6.07, 6.45) is 3.79. The second kappa shape index (κ2) is 5.59. The van der Waals surface area contributed by atoms with Crippen molar-refractivity contribution in [2.24, 2.45) is 0 Å². The smallest absolute Gasteiger partial charge is 0.251 e. The molecule has 1 aliphatic rings. The first-order valence-corrected chi connectivity index (χ1v) is 7.06. The number of likely N-dealkylation sites (tertiary alicyclic amines) is 1. The van der Waals surface area contributed by atoms with Crippen LogP contribution < -0.4 is 5.32 Å². The summed E-state index contributed by atoms with van der Waals surface area (Å²) in [5.74, 6) is 0.00658. The fraction of sp³-hybridized carbons (Fsp3) is 0.375. The maximum absolute atomic E-state index is 12.3. The summed E-state index contributed by atoms with van der Waals surface area (Å²) in [7, 11) is 2.12. The highest BCUT2D eigenvalue weighted by atomic mass is 16.1. The van der Waals surface area contributed by atoms with Crippen LogP contribution in [0.4, 0.5) is 0 Å². The molecule has 0 radical (unpaired) electrons. The van der Waals surface area contributed by atoms with Gasteiger partial charge in [0.05, 0.1) is 5.52 Å². The van der Waals surface area contributed by atoms with Crippen molar-refractivity contribution in [2.75, 3.05) is 20.1 Å². The predicted octanol–water partition coefficient (Wildman–Crippen LogP) is 2.06. The third-order valence-corrected chi connectivity index (χ3v) is 3.92. The lowest BCUT2D eigenvalue weighted by atomic mass is 10.0. The van der Waals surface area contributed by atoms with Crippen LogP contribution in [0.25, 0.3) is 10.9 Å². The highest BCUT2D eigenvalue weighted by molar-refractivity contribution is 5.97. The van der Waals surface area contributed by atoms with E-state index < -0.39 is 0 Å². The Labute approximate surface area is 118 Å². The zero-order chi connectivity index (χ0) is 13.9. The van der Waals surface area contributed by atoms with E-state index >= 15 is 0 Å². The van der Waals surface area contributed by atoms with Gasteiger partial charge in [-0.3, -0.25) is 9.78 Å². The third-order valence-electron chi connectivity index (χ3n) is 3.92. The van der Waals surface area contributed by atoms with Crippen LogP contribution >= 0.6 is 0 Å². The van der Waals surface area contributed by atoms with Crippen LogP contribution in [-0.4, -0.2) is 42.0 Å². The van der Waals surface area contributed by atoms with Gasteiger partial charge in [-0.2, -0.15) is 0 Å². The molecule has 0 saturated carbocycles. The van der Waals surface area contributed by atoms with Crippen molar-refractivity contribution in [1.82, 2.24) is 15.2 Å². The Morgan fingerprint density at radius 2 is 2.10 bits per heavy atom. The molecular formula is C16H19N3O. The van der Waals surface area contributed by atoms with Crippen LogP contribution in [0, 0.1) is 0 Å². The maximum Gasteiger partial charge on any atom is 0.251 e. The van der Waals surface area contributed by atoms with Crippen molar-refractivity contribution in [3.05, 3.63) is 42.1 Å². The lowest BCUT2D eigenvalue weighted by molar-refractivity contribution is 0.0917. The van der Waals surface area contributed by atoms with Crippen LogP contribution in [0.3, 0.4) is 0 Å². The Kier molecular flexibility index (Phi) is 3.65. The van der Waals surface area contributed by atoms with E-state index in [4.69, 9.17) is 0 Å². The number of carbonyl (C=O) groups excluding carboxylic acids is 1. The lowest BCUT2D eigenvalue weighted by Gasteiger charge is -2.29. The number of nitrogens with zero attached hydrogens (tertiary/aromatic N) is 2. The van der Waals surface area contributed by atoms with Crippen molar-refractivity contribution in [3.63, 3.8) is 0 Å². The summed E-state index contributed by atoms with van der Waals surface area (Å²) in [6, 6.07) is 9.87. The van der Waals surface area contributed by atoms with E-state index in [0.29, 0.717) is 5.56 Å². The minimum absolute atomic E-state index is 0.00658. The summed E-state index contributed by atoms with van der Waals surface area (Å²) in [4.78, 5) is 18.9. The molecule has 0 bridgehead atoms. The molecule has 0 atom stereocenters. The fourth-order valence-electron chi connectivity index (χ4n) is 2.63. The predicted molar refractivity (Wildman–Crippen MR) is 79.7 cm³/mol. The van der Waals surface area contributed by atoms with Crippen LogP contribution in [0.15, 0.2) is 36.5 Å². The summed E-state index contributed by atoms with van der Waals surface area (Å²) in [5.41, 5.74) is 1.55. The van der Waals surface area contributed by atoms with Gasteiger partial charge in [-0.15, -0.1) is 0 Å². The maximum atomic E-state index is 12.3. The average Bonchev–Trinajstić information content (AvgIpc) is 2.49. The summed E-state index contributed by atoms with van der Waals surface area (Å²) < 4.78 is 0. The molecule has 20 heavy (non-hydrogen) atoms. The number of nitrogens with one attached hydrogen (secondary N) is 1. The first kappa shape index (κ1) is 13.1. The number of hydrogen-bond donors (Lipinski definition) is 1. The number of pyridine rings is 1. The minimum atomic E-state index is 0.00658. The molecule has 1 amide bonds. The van der Waals surface area contributed by atoms with Gasteiger partial charge in [-0.05, 0) is 51.2 Å².